The molecule has 0 radical (unpaired) electrons. The average molecular weight is 229 g/mol. The van der Waals surface area contributed by atoms with Crippen molar-refractivity contribution in [3.05, 3.63) is 41.0 Å². The van der Waals surface area contributed by atoms with E-state index in [1.165, 1.54) is 0 Å². The van der Waals surface area contributed by atoms with Crippen LogP contribution in [-0.4, -0.2) is 9.97 Å². The minimum atomic E-state index is -0.331. The summed E-state index contributed by atoms with van der Waals surface area (Å²) in [5.41, 5.74) is 0.00914. The monoisotopic (exact) mass is 228 g/mol. The molecule has 0 aliphatic rings. The molecule has 0 fully saturated rings. The Morgan fingerprint density at radius 3 is 3.17 bits per heavy atom. The van der Waals surface area contributed by atoms with E-state index in [4.69, 9.17) is 8.22 Å². The van der Waals surface area contributed by atoms with Crippen LogP contribution in [0.15, 0.2) is 41.0 Å². The Hall–Kier alpha value is -1.09. The summed E-state index contributed by atoms with van der Waals surface area (Å²) in [5.74, 6) is 0.0224. The molecule has 3 heteroatoms. The number of hydrogen-bond donors (Lipinski definition) is 1. The first-order chi connectivity index (χ1) is 8.34. The third-order valence-corrected chi connectivity index (χ3v) is 1.63. The van der Waals surface area contributed by atoms with Gasteiger partial charge >= 0.3 is 0 Å². The first-order valence-corrected chi connectivity index (χ1v) is 3.93. The molecular formula is C9H7BrN2. The molecule has 12 heavy (non-hydrogen) atoms. The Bertz CT molecular complexity index is 590. The summed E-state index contributed by atoms with van der Waals surface area (Å²) in [4.78, 5) is 6.21. The lowest BCUT2D eigenvalue weighted by molar-refractivity contribution is 1.31. The lowest BCUT2D eigenvalue weighted by Crippen LogP contribution is -1.78. The van der Waals surface area contributed by atoms with E-state index in [2.05, 4.69) is 25.9 Å². The molecule has 1 aromatic heterocycles. The van der Waals surface area contributed by atoms with Gasteiger partial charge in [-0.1, -0.05) is 28.0 Å². The zero-order chi connectivity index (χ0) is 13.6. The standard InChI is InChI=1S/C9H7BrN2/c10-8-3-1-2-7(6-8)9-11-4-5-12-9/h1-6H,(H,11,12)/i1D,2D,3D,4D,5D,6D. The number of nitrogens with zero attached hydrogens (tertiary/aromatic N) is 1. The van der Waals surface area contributed by atoms with Crippen molar-refractivity contribution in [1.29, 1.82) is 0 Å². The van der Waals surface area contributed by atoms with E-state index in [9.17, 15) is 0 Å². The summed E-state index contributed by atoms with van der Waals surface area (Å²) in [5, 5.41) is 0. The van der Waals surface area contributed by atoms with Gasteiger partial charge in [-0.05, 0) is 12.1 Å². The number of H-pyrrole nitrogens is 1. The largest absolute Gasteiger partial charge is 0.345 e. The van der Waals surface area contributed by atoms with Gasteiger partial charge in [0, 0.05) is 22.4 Å². The van der Waals surface area contributed by atoms with E-state index < -0.39 is 0 Å². The molecule has 1 N–H and O–H groups in total. The van der Waals surface area contributed by atoms with Gasteiger partial charge in [-0.15, -0.1) is 0 Å². The van der Waals surface area contributed by atoms with Crippen molar-refractivity contribution in [2.45, 2.75) is 0 Å². The molecule has 0 aliphatic carbocycles. The quantitative estimate of drug-likeness (QED) is 0.800. The van der Waals surface area contributed by atoms with Crippen LogP contribution in [0.5, 0.6) is 0 Å². The molecule has 2 nitrogen and oxygen atoms in total. The fourth-order valence-electron chi connectivity index (χ4n) is 0.757. The van der Waals surface area contributed by atoms with E-state index in [-0.39, 0.29) is 52.4 Å². The molecule has 0 spiro atoms. The second-order valence-electron chi connectivity index (χ2n) is 2.01. The Kier molecular flexibility index (Phi) is 0.865. The summed E-state index contributed by atoms with van der Waals surface area (Å²) in [6.07, 6.45) is -0.511. The van der Waals surface area contributed by atoms with Gasteiger partial charge in [0.15, 0.2) is 0 Å². The second-order valence-corrected chi connectivity index (χ2v) is 2.80. The molecule has 0 atom stereocenters. The Morgan fingerprint density at radius 2 is 2.42 bits per heavy atom. The first kappa shape index (κ1) is 3.34. The molecular weight excluding hydrogens is 216 g/mol. The number of imidazole rings is 1. The van der Waals surface area contributed by atoms with Gasteiger partial charge < -0.3 is 4.98 Å². The Labute approximate surface area is 87.2 Å². The maximum Gasteiger partial charge on any atom is 0.137 e. The van der Waals surface area contributed by atoms with Crippen LogP contribution < -0.4 is 0 Å². The van der Waals surface area contributed by atoms with Crippen LogP contribution in [0.25, 0.3) is 11.4 Å². The van der Waals surface area contributed by atoms with Crippen LogP contribution in [0.3, 0.4) is 0 Å². The molecule has 2 rings (SSSR count). The van der Waals surface area contributed by atoms with E-state index in [1.54, 1.807) is 0 Å². The molecule has 1 aromatic carbocycles. The highest BCUT2D eigenvalue weighted by Crippen LogP contribution is 2.18. The number of nitrogens with one attached hydrogen (secondary N) is 1. The van der Waals surface area contributed by atoms with Crippen molar-refractivity contribution < 1.29 is 8.22 Å². The minimum absolute atomic E-state index is 0.00914. The van der Waals surface area contributed by atoms with Gasteiger partial charge in [-0.3, -0.25) is 0 Å². The van der Waals surface area contributed by atoms with E-state index in [1.807, 2.05) is 0 Å². The average Bonchev–Trinajstić information content (AvgIpc) is 2.64. The molecule has 2 aromatic rings. The topological polar surface area (TPSA) is 28.7 Å². The summed E-state index contributed by atoms with van der Waals surface area (Å²) in [6, 6.07) is -1.04. The van der Waals surface area contributed by atoms with Crippen molar-refractivity contribution in [2.24, 2.45) is 0 Å². The van der Waals surface area contributed by atoms with Crippen molar-refractivity contribution in [3.8, 4) is 11.4 Å². The third kappa shape index (κ3) is 1.41. The van der Waals surface area contributed by atoms with Gasteiger partial charge in [0.1, 0.15) is 5.82 Å². The summed E-state index contributed by atoms with van der Waals surface area (Å²) in [7, 11) is 0. The van der Waals surface area contributed by atoms with Crippen LogP contribution in [0.1, 0.15) is 8.22 Å². The molecule has 0 aliphatic heterocycles. The lowest BCUT2D eigenvalue weighted by Gasteiger charge is -1.95. The maximum absolute atomic E-state index is 7.84. The van der Waals surface area contributed by atoms with Crippen LogP contribution in [0.4, 0.5) is 0 Å². The number of aromatic nitrogens is 2. The van der Waals surface area contributed by atoms with E-state index in [0.717, 1.165) is 0 Å². The fraction of sp³-hybridized carbons (Fsp3) is 0. The SMILES string of the molecule is [2H]c1nc(-c2c([2H])c([2H])c([2H])c(Br)c2[2H])[nH]c1[2H]. The molecule has 0 saturated carbocycles. The van der Waals surface area contributed by atoms with Gasteiger partial charge in [-0.2, -0.15) is 0 Å². The van der Waals surface area contributed by atoms with E-state index >= 15 is 0 Å². The number of aromatic amines is 1. The number of hydrogen-bond acceptors (Lipinski definition) is 1. The van der Waals surface area contributed by atoms with Crippen LogP contribution >= 0.6 is 15.9 Å². The van der Waals surface area contributed by atoms with E-state index in [0.29, 0.717) is 0 Å². The van der Waals surface area contributed by atoms with Crippen molar-refractivity contribution in [2.75, 3.05) is 0 Å². The summed E-state index contributed by atoms with van der Waals surface area (Å²) >= 11 is 3.02. The normalized spacial score (nSPS) is 17.1. The van der Waals surface area contributed by atoms with Gasteiger partial charge in [0.2, 0.25) is 0 Å². The lowest BCUT2D eigenvalue weighted by atomic mass is 10.2. The predicted molar refractivity (Wildman–Crippen MR) is 51.7 cm³/mol. The minimum Gasteiger partial charge on any atom is -0.345 e. The number of benzene rings is 1. The summed E-state index contributed by atoms with van der Waals surface area (Å²) in [6.45, 7) is 0. The molecule has 0 bridgehead atoms. The summed E-state index contributed by atoms with van der Waals surface area (Å²) < 4.78 is 45.5. The highest BCUT2D eigenvalue weighted by molar-refractivity contribution is 9.10. The third-order valence-electron chi connectivity index (χ3n) is 1.24. The van der Waals surface area contributed by atoms with Crippen LogP contribution in [0, 0.1) is 0 Å². The zero-order valence-corrected chi connectivity index (χ0v) is 7.41. The van der Waals surface area contributed by atoms with Gasteiger partial charge in [-0.25, -0.2) is 4.98 Å². The van der Waals surface area contributed by atoms with Gasteiger partial charge in [0.05, 0.1) is 8.22 Å². The molecule has 60 valence electrons. The van der Waals surface area contributed by atoms with Gasteiger partial charge in [0.25, 0.3) is 0 Å². The molecule has 1 heterocycles. The molecule has 0 saturated heterocycles. The smallest absolute Gasteiger partial charge is 0.137 e. The molecule has 0 amide bonds. The zero-order valence-electron chi connectivity index (χ0n) is 11.8. The predicted octanol–water partition coefficient (Wildman–Crippen LogP) is 2.84. The number of rotatable bonds is 1. The highest BCUT2D eigenvalue weighted by Gasteiger charge is 1.98. The second kappa shape index (κ2) is 3.11. The Morgan fingerprint density at radius 1 is 1.50 bits per heavy atom. The van der Waals surface area contributed by atoms with Crippen molar-refractivity contribution >= 4 is 15.9 Å². The highest BCUT2D eigenvalue weighted by atomic mass is 79.9. The van der Waals surface area contributed by atoms with Crippen LogP contribution in [0.2, 0.25) is 0 Å². The Balaban J connectivity index is 2.79. The van der Waals surface area contributed by atoms with Crippen LogP contribution in [-0.2, 0) is 0 Å². The molecule has 0 unspecified atom stereocenters. The fourth-order valence-corrected chi connectivity index (χ4v) is 1.05. The maximum atomic E-state index is 7.84. The van der Waals surface area contributed by atoms with Crippen molar-refractivity contribution in [3.63, 3.8) is 0 Å². The van der Waals surface area contributed by atoms with Crippen molar-refractivity contribution in [1.82, 2.24) is 9.97 Å². The first-order valence-electron chi connectivity index (χ1n) is 6.14. The number of halogens is 1.